The summed E-state index contributed by atoms with van der Waals surface area (Å²) in [5, 5.41) is 0. The monoisotopic (exact) mass is 277 g/mol. The predicted molar refractivity (Wildman–Crippen MR) is 51.8 cm³/mol. The van der Waals surface area contributed by atoms with Gasteiger partial charge in [0.1, 0.15) is 0 Å². The van der Waals surface area contributed by atoms with Crippen LogP contribution < -0.4 is 0 Å². The van der Waals surface area contributed by atoms with Crippen molar-refractivity contribution in [1.29, 1.82) is 0 Å². The van der Waals surface area contributed by atoms with Gasteiger partial charge in [0, 0.05) is 6.20 Å². The van der Waals surface area contributed by atoms with Crippen LogP contribution in [0.25, 0.3) is 0 Å². The van der Waals surface area contributed by atoms with Crippen LogP contribution >= 0.6 is 45.8 Å². The molecule has 0 aliphatic rings. The number of rotatable bonds is 2. The van der Waals surface area contributed by atoms with Gasteiger partial charge in [0.05, 0.1) is 5.71 Å². The minimum absolute atomic E-state index is 0.640. The van der Waals surface area contributed by atoms with Crippen molar-refractivity contribution in [3.05, 3.63) is 12.8 Å². The molecule has 0 aromatic carbocycles. The second-order valence-electron chi connectivity index (χ2n) is 1.39. The smallest absolute Gasteiger partial charge is 0.205 e. The summed E-state index contributed by atoms with van der Waals surface area (Å²) in [6, 6.07) is 0. The van der Waals surface area contributed by atoms with Crippen molar-refractivity contribution in [3.8, 4) is 0 Å². The fraction of sp³-hybridized carbons (Fsp3) is 0.400. The first-order chi connectivity index (χ1) is 3.98. The molecule has 0 fully saturated rings. The van der Waals surface area contributed by atoms with Crippen LogP contribution in [-0.2, 0) is 0 Å². The molecular weight excluding hydrogens is 272 g/mol. The van der Waals surface area contributed by atoms with E-state index < -0.39 is 2.34 Å². The lowest BCUT2D eigenvalue weighted by atomic mass is 10.5. The van der Waals surface area contributed by atoms with Crippen LogP contribution in [0.1, 0.15) is 6.92 Å². The van der Waals surface area contributed by atoms with Gasteiger partial charge in [-0.15, -0.1) is 0 Å². The summed E-state index contributed by atoms with van der Waals surface area (Å²) in [7, 11) is 0. The molecule has 1 nitrogen and oxygen atoms in total. The first-order valence-electron chi connectivity index (χ1n) is 2.21. The summed E-state index contributed by atoms with van der Waals surface area (Å²) in [6.45, 7) is 5.15. The highest BCUT2D eigenvalue weighted by molar-refractivity contribution is 14.1. The highest BCUT2D eigenvalue weighted by atomic mass is 127. The molecule has 0 amide bonds. The maximum atomic E-state index is 5.64. The normalized spacial score (nSPS) is 13.6. The molecule has 9 heavy (non-hydrogen) atoms. The maximum Gasteiger partial charge on any atom is 0.205 e. The highest BCUT2D eigenvalue weighted by Crippen LogP contribution is 2.30. The Morgan fingerprint density at radius 3 is 2.33 bits per heavy atom. The zero-order chi connectivity index (χ0) is 7.49. The molecule has 0 saturated carbocycles. The molecule has 0 N–H and O–H groups in total. The molecule has 4 heteroatoms. The van der Waals surface area contributed by atoms with E-state index in [1.807, 2.05) is 22.6 Å². The van der Waals surface area contributed by atoms with Crippen LogP contribution in [0.5, 0.6) is 0 Å². The molecule has 0 atom stereocenters. The lowest BCUT2D eigenvalue weighted by Gasteiger charge is -2.08. The fourth-order valence-corrected chi connectivity index (χ4v) is 0.447. The third kappa shape index (κ3) is 4.17. The van der Waals surface area contributed by atoms with Gasteiger partial charge in [-0.25, -0.2) is 0 Å². The molecule has 0 heterocycles. The SMILES string of the molecule is C=CN=C(C)C(Cl)(Cl)I. The second-order valence-corrected chi connectivity index (χ2v) is 5.62. The van der Waals surface area contributed by atoms with Gasteiger partial charge in [0.2, 0.25) is 2.34 Å². The molecule has 0 saturated heterocycles. The van der Waals surface area contributed by atoms with Gasteiger partial charge in [0.25, 0.3) is 0 Å². The Kier molecular flexibility index (Phi) is 4.09. The van der Waals surface area contributed by atoms with E-state index in [0.29, 0.717) is 5.71 Å². The lowest BCUT2D eigenvalue weighted by Crippen LogP contribution is -2.13. The Hall–Kier alpha value is 0.720. The number of hydrogen-bond donors (Lipinski definition) is 0. The number of halogens is 3. The Morgan fingerprint density at radius 1 is 1.78 bits per heavy atom. The maximum absolute atomic E-state index is 5.64. The van der Waals surface area contributed by atoms with Gasteiger partial charge in [-0.05, 0) is 29.5 Å². The first kappa shape index (κ1) is 9.72. The minimum Gasteiger partial charge on any atom is -0.263 e. The molecular formula is C5H6Cl2IN. The van der Waals surface area contributed by atoms with Crippen LogP contribution in [0.3, 0.4) is 0 Å². The van der Waals surface area contributed by atoms with Gasteiger partial charge in [-0.2, -0.15) is 0 Å². The van der Waals surface area contributed by atoms with Crippen molar-refractivity contribution in [1.82, 2.24) is 0 Å². The van der Waals surface area contributed by atoms with Crippen molar-refractivity contribution in [3.63, 3.8) is 0 Å². The summed E-state index contributed by atoms with van der Waals surface area (Å²) in [4.78, 5) is 3.80. The van der Waals surface area contributed by atoms with Crippen LogP contribution in [-0.4, -0.2) is 8.05 Å². The number of hydrogen-bond acceptors (Lipinski definition) is 1. The van der Waals surface area contributed by atoms with Crippen molar-refractivity contribution < 1.29 is 0 Å². The standard InChI is InChI=1S/C5H6Cl2IN/c1-3-9-4(2)5(6,7)8/h3H,1H2,2H3. The van der Waals surface area contributed by atoms with Crippen molar-refractivity contribution in [2.24, 2.45) is 4.99 Å². The summed E-state index contributed by atoms with van der Waals surface area (Å²) < 4.78 is -0.897. The van der Waals surface area contributed by atoms with Gasteiger partial charge < -0.3 is 0 Å². The molecule has 0 aromatic heterocycles. The summed E-state index contributed by atoms with van der Waals surface area (Å²) >= 11 is 13.2. The molecule has 0 spiro atoms. The van der Waals surface area contributed by atoms with Gasteiger partial charge in [0.15, 0.2) is 0 Å². The Morgan fingerprint density at radius 2 is 2.22 bits per heavy atom. The average Bonchev–Trinajstić information content (AvgIpc) is 1.64. The molecule has 0 aliphatic heterocycles. The highest BCUT2D eigenvalue weighted by Gasteiger charge is 2.21. The molecule has 0 unspecified atom stereocenters. The third-order valence-corrected chi connectivity index (χ3v) is 2.02. The molecule has 0 aliphatic carbocycles. The van der Waals surface area contributed by atoms with E-state index in [1.165, 1.54) is 6.20 Å². The molecule has 0 radical (unpaired) electrons. The fourth-order valence-electron chi connectivity index (χ4n) is 0.210. The number of alkyl halides is 3. The first-order valence-corrected chi connectivity index (χ1v) is 4.04. The quantitative estimate of drug-likeness (QED) is 0.418. The summed E-state index contributed by atoms with van der Waals surface area (Å²) in [5.74, 6) is 0. The van der Waals surface area contributed by atoms with E-state index in [1.54, 1.807) is 6.92 Å². The van der Waals surface area contributed by atoms with Crippen LogP contribution in [0.4, 0.5) is 0 Å². The van der Waals surface area contributed by atoms with Gasteiger partial charge >= 0.3 is 0 Å². The van der Waals surface area contributed by atoms with Crippen molar-refractivity contribution in [2.45, 2.75) is 9.26 Å². The number of aliphatic imine (C=N–C) groups is 1. The second kappa shape index (κ2) is 3.78. The molecule has 52 valence electrons. The van der Waals surface area contributed by atoms with Gasteiger partial charge in [-0.1, -0.05) is 29.8 Å². The van der Waals surface area contributed by atoms with E-state index in [2.05, 4.69) is 11.6 Å². The zero-order valence-corrected chi connectivity index (χ0v) is 8.53. The van der Waals surface area contributed by atoms with Crippen LogP contribution in [0.15, 0.2) is 17.8 Å². The Balaban J connectivity index is 4.19. The van der Waals surface area contributed by atoms with Crippen LogP contribution in [0, 0.1) is 0 Å². The predicted octanol–water partition coefficient (Wildman–Crippen LogP) is 3.16. The summed E-state index contributed by atoms with van der Waals surface area (Å²) in [6.07, 6.45) is 1.41. The van der Waals surface area contributed by atoms with E-state index in [-0.39, 0.29) is 0 Å². The van der Waals surface area contributed by atoms with Gasteiger partial charge in [-0.3, -0.25) is 4.99 Å². The van der Waals surface area contributed by atoms with Crippen molar-refractivity contribution in [2.75, 3.05) is 0 Å². The topological polar surface area (TPSA) is 12.4 Å². The molecule has 0 bridgehead atoms. The minimum atomic E-state index is -0.897. The Bertz CT molecular complexity index is 136. The lowest BCUT2D eigenvalue weighted by molar-refractivity contribution is 1.46. The number of nitrogens with zero attached hydrogens (tertiary/aromatic N) is 1. The van der Waals surface area contributed by atoms with E-state index >= 15 is 0 Å². The summed E-state index contributed by atoms with van der Waals surface area (Å²) in [5.41, 5.74) is 0.640. The van der Waals surface area contributed by atoms with E-state index in [0.717, 1.165) is 0 Å². The third-order valence-electron chi connectivity index (χ3n) is 0.695. The van der Waals surface area contributed by atoms with E-state index in [4.69, 9.17) is 23.2 Å². The average molecular weight is 278 g/mol. The molecule has 0 rings (SSSR count). The van der Waals surface area contributed by atoms with Crippen molar-refractivity contribution >= 4 is 51.5 Å². The zero-order valence-electron chi connectivity index (χ0n) is 4.87. The molecule has 0 aromatic rings. The largest absolute Gasteiger partial charge is 0.263 e. The Labute approximate surface area is 78.3 Å². The van der Waals surface area contributed by atoms with Crippen LogP contribution in [0.2, 0.25) is 0 Å². The van der Waals surface area contributed by atoms with E-state index in [9.17, 15) is 0 Å².